The molecule has 0 amide bonds. The van der Waals surface area contributed by atoms with Crippen LogP contribution in [0, 0.1) is 5.41 Å². The number of fused-ring (bicyclic) bond motifs is 1. The first kappa shape index (κ1) is 19.2. The molecule has 1 aromatic rings. The van der Waals surface area contributed by atoms with Gasteiger partial charge in [0, 0.05) is 6.04 Å². The van der Waals surface area contributed by atoms with Crippen molar-refractivity contribution in [1.29, 1.82) is 0 Å². The quantitative estimate of drug-likeness (QED) is 0.808. The summed E-state index contributed by atoms with van der Waals surface area (Å²) in [6, 6.07) is 8.99. The second kappa shape index (κ2) is 9.32. The topological polar surface area (TPSA) is 29.3 Å². The van der Waals surface area contributed by atoms with Crippen LogP contribution in [-0.2, 0) is 6.42 Å². The number of likely N-dealkylation sites (tertiary alicyclic amines) is 1. The minimum atomic E-state index is 0.261. The maximum Gasteiger partial charge on any atom is 0.0359 e. The molecule has 2 N–H and O–H groups in total. The van der Waals surface area contributed by atoms with Crippen LogP contribution in [0.2, 0.25) is 0 Å². The average molecular weight is 305 g/mol. The number of nitrogens with two attached hydrogens (primary N) is 1. The summed E-state index contributed by atoms with van der Waals surface area (Å²) in [4.78, 5) is 2.42. The molecular weight excluding hydrogens is 268 g/mol. The Bertz CT molecular complexity index is 417. The van der Waals surface area contributed by atoms with E-state index in [1.165, 1.54) is 56.3 Å². The van der Waals surface area contributed by atoms with Gasteiger partial charge in [0.25, 0.3) is 0 Å². The van der Waals surface area contributed by atoms with Crippen molar-refractivity contribution in [3.63, 3.8) is 0 Å². The number of rotatable bonds is 1. The maximum atomic E-state index is 6.48. The molecule has 1 atom stereocenters. The molecule has 126 valence electrons. The summed E-state index contributed by atoms with van der Waals surface area (Å²) in [6.07, 6.45) is 6.33. The number of unbranched alkanes of at least 4 members (excludes halogenated alkanes) is 1. The van der Waals surface area contributed by atoms with E-state index in [1.54, 1.807) is 0 Å². The lowest BCUT2D eigenvalue weighted by Gasteiger charge is -2.41. The first-order valence-electron chi connectivity index (χ1n) is 9.15. The van der Waals surface area contributed by atoms with Crippen molar-refractivity contribution < 1.29 is 0 Å². The lowest BCUT2D eigenvalue weighted by atomic mass is 9.73. The molecule has 2 heteroatoms. The molecule has 0 unspecified atom stereocenters. The molecule has 2 nitrogen and oxygen atoms in total. The van der Waals surface area contributed by atoms with Gasteiger partial charge in [-0.15, -0.1) is 0 Å². The Morgan fingerprint density at radius 3 is 2.14 bits per heavy atom. The van der Waals surface area contributed by atoms with Crippen LogP contribution < -0.4 is 5.73 Å². The summed E-state index contributed by atoms with van der Waals surface area (Å²) >= 11 is 0. The van der Waals surface area contributed by atoms with E-state index in [0.717, 1.165) is 0 Å². The van der Waals surface area contributed by atoms with Crippen molar-refractivity contribution in [2.45, 2.75) is 65.8 Å². The first-order valence-corrected chi connectivity index (χ1v) is 9.15. The fourth-order valence-corrected chi connectivity index (χ4v) is 3.37. The Labute approximate surface area is 138 Å². The second-order valence-corrected chi connectivity index (χ2v) is 6.52. The van der Waals surface area contributed by atoms with Crippen LogP contribution in [0.5, 0.6) is 0 Å². The van der Waals surface area contributed by atoms with E-state index in [2.05, 4.69) is 50.1 Å². The Hall–Kier alpha value is -0.860. The molecule has 1 aromatic carbocycles. The molecular formula is C20H36N2. The molecule has 1 heterocycles. The summed E-state index contributed by atoms with van der Waals surface area (Å²) in [5.41, 5.74) is 9.72. The molecule has 1 saturated heterocycles. The minimum absolute atomic E-state index is 0.261. The largest absolute Gasteiger partial charge is 0.323 e. The van der Waals surface area contributed by atoms with Gasteiger partial charge in [-0.05, 0) is 55.9 Å². The highest BCUT2D eigenvalue weighted by molar-refractivity contribution is 5.38. The van der Waals surface area contributed by atoms with E-state index in [9.17, 15) is 0 Å². The first-order chi connectivity index (χ1) is 10.6. The molecule has 3 rings (SSSR count). The number of nitrogens with zero attached hydrogens (tertiary/aromatic N) is 1. The van der Waals surface area contributed by atoms with Gasteiger partial charge in [0.2, 0.25) is 0 Å². The number of hydrogen-bond acceptors (Lipinski definition) is 2. The van der Waals surface area contributed by atoms with Crippen molar-refractivity contribution in [2.24, 2.45) is 11.1 Å². The van der Waals surface area contributed by atoms with E-state index in [1.807, 2.05) is 13.8 Å². The lowest BCUT2D eigenvalue weighted by molar-refractivity contribution is 0.106. The monoisotopic (exact) mass is 304 g/mol. The van der Waals surface area contributed by atoms with Gasteiger partial charge in [-0.3, -0.25) is 0 Å². The number of hydrogen-bond donors (Lipinski definition) is 1. The highest BCUT2D eigenvalue weighted by Crippen LogP contribution is 2.50. The van der Waals surface area contributed by atoms with Crippen LogP contribution in [0.4, 0.5) is 0 Å². The standard InChI is InChI=1S/C14H20N2.C4H10.C2H6/c1-16-8-6-14(7-9-16)10-11-4-2-3-5-12(11)13(14)15;1-3-4-2;1-2/h2-5,13H,6-10,15H2,1H3;3-4H2,1-2H3;1-2H3/t13-;;/m1../s1. The summed E-state index contributed by atoms with van der Waals surface area (Å²) in [5, 5.41) is 0. The van der Waals surface area contributed by atoms with Gasteiger partial charge in [-0.25, -0.2) is 0 Å². The van der Waals surface area contributed by atoms with Crippen molar-refractivity contribution >= 4 is 0 Å². The van der Waals surface area contributed by atoms with E-state index < -0.39 is 0 Å². The predicted molar refractivity (Wildman–Crippen MR) is 98.2 cm³/mol. The van der Waals surface area contributed by atoms with Crippen molar-refractivity contribution in [2.75, 3.05) is 20.1 Å². The van der Waals surface area contributed by atoms with Gasteiger partial charge in [0.05, 0.1) is 0 Å². The Kier molecular flexibility index (Phi) is 8.13. The van der Waals surface area contributed by atoms with E-state index in [4.69, 9.17) is 5.73 Å². The van der Waals surface area contributed by atoms with Gasteiger partial charge in [0.1, 0.15) is 0 Å². The Morgan fingerprint density at radius 2 is 1.64 bits per heavy atom. The van der Waals surface area contributed by atoms with E-state index in [-0.39, 0.29) is 6.04 Å². The summed E-state index contributed by atoms with van der Waals surface area (Å²) in [7, 11) is 2.21. The molecule has 0 radical (unpaired) electrons. The zero-order valence-corrected chi connectivity index (χ0v) is 15.4. The zero-order chi connectivity index (χ0) is 16.6. The lowest BCUT2D eigenvalue weighted by Crippen LogP contribution is -2.42. The molecule has 0 aromatic heterocycles. The van der Waals surface area contributed by atoms with Gasteiger partial charge < -0.3 is 10.6 Å². The van der Waals surface area contributed by atoms with E-state index in [0.29, 0.717) is 5.41 Å². The molecule has 2 aliphatic rings. The third-order valence-corrected chi connectivity index (χ3v) is 5.08. The molecule has 22 heavy (non-hydrogen) atoms. The Morgan fingerprint density at radius 1 is 1.09 bits per heavy atom. The zero-order valence-electron chi connectivity index (χ0n) is 15.4. The highest BCUT2D eigenvalue weighted by atomic mass is 15.1. The van der Waals surface area contributed by atoms with Crippen molar-refractivity contribution in [3.05, 3.63) is 35.4 Å². The fraction of sp³-hybridized carbons (Fsp3) is 0.700. The van der Waals surface area contributed by atoms with Gasteiger partial charge in [0.15, 0.2) is 0 Å². The van der Waals surface area contributed by atoms with Gasteiger partial charge >= 0.3 is 0 Å². The highest BCUT2D eigenvalue weighted by Gasteiger charge is 2.45. The van der Waals surface area contributed by atoms with Crippen LogP contribution >= 0.6 is 0 Å². The molecule has 0 saturated carbocycles. The van der Waals surface area contributed by atoms with Gasteiger partial charge in [-0.1, -0.05) is 64.8 Å². The third kappa shape index (κ3) is 4.33. The van der Waals surface area contributed by atoms with Crippen LogP contribution in [0.25, 0.3) is 0 Å². The summed E-state index contributed by atoms with van der Waals surface area (Å²) in [5.74, 6) is 0. The predicted octanol–water partition coefficient (Wildman–Crippen LogP) is 4.79. The van der Waals surface area contributed by atoms with Crippen LogP contribution in [0.15, 0.2) is 24.3 Å². The van der Waals surface area contributed by atoms with Crippen LogP contribution in [-0.4, -0.2) is 25.0 Å². The minimum Gasteiger partial charge on any atom is -0.323 e. The fourth-order valence-electron chi connectivity index (χ4n) is 3.37. The number of piperidine rings is 1. The molecule has 1 aliphatic carbocycles. The van der Waals surface area contributed by atoms with Gasteiger partial charge in [-0.2, -0.15) is 0 Å². The van der Waals surface area contributed by atoms with E-state index >= 15 is 0 Å². The summed E-state index contributed by atoms with van der Waals surface area (Å²) in [6.45, 7) is 10.8. The smallest absolute Gasteiger partial charge is 0.0359 e. The van der Waals surface area contributed by atoms with Crippen LogP contribution in [0.1, 0.15) is 70.5 Å². The van der Waals surface area contributed by atoms with Crippen molar-refractivity contribution in [3.8, 4) is 0 Å². The maximum absolute atomic E-state index is 6.48. The molecule has 1 spiro atoms. The third-order valence-electron chi connectivity index (χ3n) is 5.08. The Balaban J connectivity index is 0.000000354. The van der Waals surface area contributed by atoms with Crippen molar-refractivity contribution in [1.82, 2.24) is 4.90 Å². The normalized spacial score (nSPS) is 22.2. The van der Waals surface area contributed by atoms with Crippen LogP contribution in [0.3, 0.4) is 0 Å². The molecule has 0 bridgehead atoms. The SMILES string of the molecule is CC.CCCC.CN1CCC2(CC1)Cc1ccccc1[C@H]2N. The second-order valence-electron chi connectivity index (χ2n) is 6.52. The summed E-state index contributed by atoms with van der Waals surface area (Å²) < 4.78 is 0. The number of benzene rings is 1. The average Bonchev–Trinajstić information content (AvgIpc) is 2.85. The molecule has 1 fully saturated rings. The molecule has 1 aliphatic heterocycles.